The highest BCUT2D eigenvalue weighted by molar-refractivity contribution is 7.89. The maximum Gasteiger partial charge on any atom is 0.407 e. The molecule has 246 valence electrons. The number of nitrogens with one attached hydrogen (secondary N) is 2. The minimum Gasteiger partial charge on any atom is -0.453 e. The Kier molecular flexibility index (Phi) is 11.0. The van der Waals surface area contributed by atoms with Gasteiger partial charge < -0.3 is 20.1 Å². The number of amides is 1. The summed E-state index contributed by atoms with van der Waals surface area (Å²) in [6, 6.07) is 7.03. The molecule has 0 aromatic heterocycles. The number of rotatable bonds is 9. The van der Waals surface area contributed by atoms with Crippen LogP contribution in [0.5, 0.6) is 0 Å². The molecule has 1 aromatic rings. The second-order valence-corrected chi connectivity index (χ2v) is 16.2. The van der Waals surface area contributed by atoms with E-state index >= 15 is 0 Å². The summed E-state index contributed by atoms with van der Waals surface area (Å²) in [6.07, 6.45) is 8.15. The van der Waals surface area contributed by atoms with Crippen molar-refractivity contribution in [3.05, 3.63) is 34.9 Å². The number of hydrogen-bond acceptors (Lipinski definition) is 7. The van der Waals surface area contributed by atoms with Gasteiger partial charge in [-0.25, -0.2) is 13.2 Å². The first-order chi connectivity index (χ1) is 21.0. The molecule has 1 aliphatic carbocycles. The van der Waals surface area contributed by atoms with Crippen LogP contribution < -0.4 is 10.6 Å². The summed E-state index contributed by atoms with van der Waals surface area (Å²) in [5.41, 5.74) is 0.281. The Morgan fingerprint density at radius 1 is 1.07 bits per heavy atom. The van der Waals surface area contributed by atoms with Crippen molar-refractivity contribution in [3.8, 4) is 0 Å². The fraction of sp³-hybridized carbons (Fsp3) is 0.758. The van der Waals surface area contributed by atoms with E-state index in [1.54, 1.807) is 4.31 Å². The minimum atomic E-state index is -3.24. The van der Waals surface area contributed by atoms with E-state index in [-0.39, 0.29) is 41.7 Å². The van der Waals surface area contributed by atoms with E-state index in [0.717, 1.165) is 50.5 Å². The second kappa shape index (κ2) is 14.4. The Morgan fingerprint density at radius 3 is 2.43 bits per heavy atom. The molecule has 0 spiro atoms. The summed E-state index contributed by atoms with van der Waals surface area (Å²) < 4.78 is 39.0. The quantitative estimate of drug-likeness (QED) is 0.377. The molecule has 3 heterocycles. The molecule has 4 aliphatic rings. The van der Waals surface area contributed by atoms with Gasteiger partial charge in [-0.15, -0.1) is 0 Å². The Hall–Kier alpha value is -1.72. The number of alkyl carbamates (subject to hydrolysis) is 1. The number of carbonyl (C=O) groups excluding carboxylic acids is 2. The Morgan fingerprint density at radius 2 is 1.75 bits per heavy atom. The predicted octanol–water partition coefficient (Wildman–Crippen LogP) is 5.20. The summed E-state index contributed by atoms with van der Waals surface area (Å²) in [6.45, 7) is 5.29. The molecule has 9 nitrogen and oxygen atoms in total. The fourth-order valence-electron chi connectivity index (χ4n) is 8.69. The van der Waals surface area contributed by atoms with Crippen molar-refractivity contribution in [3.63, 3.8) is 0 Å². The van der Waals surface area contributed by atoms with E-state index in [2.05, 4.69) is 10.6 Å². The lowest BCUT2D eigenvalue weighted by atomic mass is 9.63. The van der Waals surface area contributed by atoms with E-state index in [1.165, 1.54) is 7.11 Å². The Bertz CT molecular complexity index is 1250. The zero-order chi connectivity index (χ0) is 31.5. The number of carbonyl (C=O) groups is 2. The van der Waals surface area contributed by atoms with E-state index in [9.17, 15) is 18.0 Å². The van der Waals surface area contributed by atoms with Gasteiger partial charge in [-0.3, -0.25) is 4.79 Å². The molecule has 2 N–H and O–H groups in total. The number of ketones is 1. The van der Waals surface area contributed by atoms with Crippen LogP contribution in [0.3, 0.4) is 0 Å². The van der Waals surface area contributed by atoms with Crippen molar-refractivity contribution in [2.24, 2.45) is 11.8 Å². The number of nitrogens with zero attached hydrogens (tertiary/aromatic N) is 1. The number of ether oxygens (including phenoxy) is 2. The van der Waals surface area contributed by atoms with Crippen molar-refractivity contribution >= 4 is 33.5 Å². The maximum absolute atomic E-state index is 14.5. The summed E-state index contributed by atoms with van der Waals surface area (Å²) in [4.78, 5) is 27.3. The lowest BCUT2D eigenvalue weighted by molar-refractivity contribution is -0.128. The van der Waals surface area contributed by atoms with Crippen LogP contribution in [0.2, 0.25) is 5.02 Å². The molecule has 5 rings (SSSR count). The van der Waals surface area contributed by atoms with Crippen LogP contribution in [0, 0.1) is 11.8 Å². The zero-order valence-electron chi connectivity index (χ0n) is 26.4. The third-order valence-corrected chi connectivity index (χ3v) is 12.9. The minimum absolute atomic E-state index is 0.0146. The van der Waals surface area contributed by atoms with Crippen LogP contribution in [0.15, 0.2) is 24.3 Å². The standard InChI is InChI=1S/C33H50ClN3O6S/c1-22-18-33(19-23(2)43-22,26-11-13-27(34)14-12-26)31(36-32(39)42-3)30(38)17-25-8-5-4-7-24(25)10-15-29-20-35-28-9-6-16-44(40,41)37(29)21-28/h11-14,22-25,28-29,31,35H,4-10,15-21H2,1-3H3,(H,36,39)/t22-,23+,24-,25-,28-,29+,31-,33?/m1/s1. The number of piperazine rings is 1. The molecule has 3 saturated heterocycles. The molecule has 1 amide bonds. The van der Waals surface area contributed by atoms with Gasteiger partial charge in [0, 0.05) is 42.0 Å². The van der Waals surface area contributed by atoms with Gasteiger partial charge in [0.1, 0.15) is 6.04 Å². The molecule has 4 fully saturated rings. The highest BCUT2D eigenvalue weighted by atomic mass is 35.5. The van der Waals surface area contributed by atoms with Crippen molar-refractivity contribution in [1.82, 2.24) is 14.9 Å². The molecular weight excluding hydrogens is 602 g/mol. The van der Waals surface area contributed by atoms with Crippen LogP contribution in [0.25, 0.3) is 0 Å². The van der Waals surface area contributed by atoms with Crippen LogP contribution in [-0.2, 0) is 29.7 Å². The van der Waals surface area contributed by atoms with E-state index in [0.29, 0.717) is 49.7 Å². The summed E-state index contributed by atoms with van der Waals surface area (Å²) in [7, 11) is -1.92. The lowest BCUT2D eigenvalue weighted by Crippen LogP contribution is -2.59. The number of fused-ring (bicyclic) bond motifs is 2. The number of sulfonamides is 1. The third-order valence-electron chi connectivity index (χ3n) is 10.7. The number of methoxy groups -OCH3 is 1. The van der Waals surface area contributed by atoms with Gasteiger partial charge in [0.2, 0.25) is 10.0 Å². The van der Waals surface area contributed by atoms with Gasteiger partial charge in [0.05, 0.1) is 25.1 Å². The largest absolute Gasteiger partial charge is 0.453 e. The van der Waals surface area contributed by atoms with Gasteiger partial charge in [-0.05, 0) is 88.3 Å². The molecule has 0 radical (unpaired) electrons. The van der Waals surface area contributed by atoms with E-state index in [1.807, 2.05) is 38.1 Å². The third kappa shape index (κ3) is 7.63. The average Bonchev–Trinajstić information content (AvgIpc) is 3.10. The van der Waals surface area contributed by atoms with Crippen molar-refractivity contribution in [2.75, 3.05) is 26.0 Å². The second-order valence-electron chi connectivity index (χ2n) is 13.7. The van der Waals surface area contributed by atoms with Crippen LogP contribution in [0.1, 0.15) is 90.0 Å². The first kappa shape index (κ1) is 33.6. The van der Waals surface area contributed by atoms with Crippen LogP contribution in [0.4, 0.5) is 4.79 Å². The molecule has 2 bridgehead atoms. The fourth-order valence-corrected chi connectivity index (χ4v) is 10.6. The Balaban J connectivity index is 1.36. The number of Topliss-reactive ketones (excluding diaryl/α,β-unsaturated/α-hetero) is 1. The zero-order valence-corrected chi connectivity index (χ0v) is 28.0. The SMILES string of the molecule is COC(=O)N[C@H](C(=O)C[C@H]1CCCC[C@@H]1CC[C@H]1CN[C@@H]2CCCS(=O)(=O)N1C2)C1(c2ccc(Cl)cc2)C[C@@H](C)O[C@@H](C)C1. The Labute approximate surface area is 268 Å². The van der Waals surface area contributed by atoms with Gasteiger partial charge in [0.15, 0.2) is 5.78 Å². The van der Waals surface area contributed by atoms with Crippen molar-refractivity contribution in [2.45, 2.75) is 120 Å². The van der Waals surface area contributed by atoms with Gasteiger partial charge in [-0.1, -0.05) is 43.0 Å². The number of benzene rings is 1. The molecule has 44 heavy (non-hydrogen) atoms. The highest BCUT2D eigenvalue weighted by Crippen LogP contribution is 2.45. The lowest BCUT2D eigenvalue weighted by Gasteiger charge is -2.48. The molecule has 1 saturated carbocycles. The molecule has 2 unspecified atom stereocenters. The number of hydrogen-bond donors (Lipinski definition) is 2. The smallest absolute Gasteiger partial charge is 0.407 e. The topological polar surface area (TPSA) is 114 Å². The van der Waals surface area contributed by atoms with Crippen LogP contribution in [-0.4, -0.2) is 80.9 Å². The highest BCUT2D eigenvalue weighted by Gasteiger charge is 2.50. The van der Waals surface area contributed by atoms with E-state index in [4.69, 9.17) is 21.1 Å². The molecular formula is C33H50ClN3O6S. The molecule has 9 atom stereocenters. The summed E-state index contributed by atoms with van der Waals surface area (Å²) >= 11 is 6.26. The summed E-state index contributed by atoms with van der Waals surface area (Å²) in [5, 5.41) is 7.17. The first-order valence-corrected chi connectivity index (χ1v) is 18.5. The molecule has 1 aromatic carbocycles. The normalized spacial score (nSPS) is 36.0. The molecule has 11 heteroatoms. The van der Waals surface area contributed by atoms with Gasteiger partial charge >= 0.3 is 6.09 Å². The summed E-state index contributed by atoms with van der Waals surface area (Å²) in [5.74, 6) is 0.757. The van der Waals surface area contributed by atoms with E-state index < -0.39 is 27.6 Å². The average molecular weight is 652 g/mol. The molecule has 3 aliphatic heterocycles. The predicted molar refractivity (Wildman–Crippen MR) is 171 cm³/mol. The monoisotopic (exact) mass is 651 g/mol. The van der Waals surface area contributed by atoms with Crippen LogP contribution >= 0.6 is 11.6 Å². The first-order valence-electron chi connectivity index (χ1n) is 16.5. The van der Waals surface area contributed by atoms with Gasteiger partial charge in [0.25, 0.3) is 0 Å². The van der Waals surface area contributed by atoms with Crippen molar-refractivity contribution in [1.29, 1.82) is 0 Å². The van der Waals surface area contributed by atoms with Crippen molar-refractivity contribution < 1.29 is 27.5 Å². The number of halogens is 1. The maximum atomic E-state index is 14.5. The van der Waals surface area contributed by atoms with Gasteiger partial charge in [-0.2, -0.15) is 4.31 Å².